The van der Waals surface area contributed by atoms with Gasteiger partial charge in [-0.05, 0) is 0 Å². The quantitative estimate of drug-likeness (QED) is 0.228. The van der Waals surface area contributed by atoms with Crippen LogP contribution < -0.4 is 11.1 Å². The molecule has 12 nitrogen and oxygen atoms in total. The minimum absolute atomic E-state index is 0.462. The van der Waals surface area contributed by atoms with Crippen LogP contribution in [-0.2, 0) is 23.7 Å². The first kappa shape index (κ1) is 22.4. The van der Waals surface area contributed by atoms with Crippen molar-refractivity contribution >= 4 is 5.91 Å². The monoisotopic (exact) mass is 396 g/mol. The summed E-state index contributed by atoms with van der Waals surface area (Å²) in [6.07, 6.45) is -11.2. The van der Waals surface area contributed by atoms with E-state index in [1.165, 1.54) is 14.0 Å². The molecule has 8 N–H and O–H groups in total. The maximum atomic E-state index is 11.3. The molecule has 0 saturated carbocycles. The third-order valence-electron chi connectivity index (χ3n) is 4.69. The van der Waals surface area contributed by atoms with Crippen molar-refractivity contribution in [3.8, 4) is 0 Å². The molecule has 2 aliphatic heterocycles. The van der Waals surface area contributed by atoms with Crippen LogP contribution in [0.5, 0.6) is 0 Å². The lowest BCUT2D eigenvalue weighted by atomic mass is 9.95. The third-order valence-corrected chi connectivity index (χ3v) is 4.69. The lowest BCUT2D eigenvalue weighted by molar-refractivity contribution is -0.338. The van der Waals surface area contributed by atoms with E-state index in [0.29, 0.717) is 0 Å². The average Bonchev–Trinajstić information content (AvgIpc) is 2.62. The van der Waals surface area contributed by atoms with Crippen molar-refractivity contribution in [2.75, 3.05) is 20.3 Å². The Hall–Kier alpha value is -0.930. The molecule has 0 aromatic heterocycles. The van der Waals surface area contributed by atoms with Crippen molar-refractivity contribution in [2.45, 2.75) is 68.2 Å². The first-order valence-corrected chi connectivity index (χ1v) is 8.52. The van der Waals surface area contributed by atoms with Gasteiger partial charge in [0.25, 0.3) is 0 Å². The normalized spacial score (nSPS) is 45.5. The second-order valence-electron chi connectivity index (χ2n) is 6.55. The van der Waals surface area contributed by atoms with Crippen LogP contribution in [0.25, 0.3) is 0 Å². The van der Waals surface area contributed by atoms with Crippen molar-refractivity contribution in [1.29, 1.82) is 0 Å². The minimum Gasteiger partial charge on any atom is -0.394 e. The Morgan fingerprint density at radius 2 is 1.67 bits per heavy atom. The second-order valence-corrected chi connectivity index (χ2v) is 6.55. The van der Waals surface area contributed by atoms with Crippen LogP contribution in [0, 0.1) is 0 Å². The molecule has 27 heavy (non-hydrogen) atoms. The number of hydrogen-bond acceptors (Lipinski definition) is 11. The molecule has 10 unspecified atom stereocenters. The zero-order valence-electron chi connectivity index (χ0n) is 15.0. The summed E-state index contributed by atoms with van der Waals surface area (Å²) in [5.74, 6) is -0.462. The molecule has 0 radical (unpaired) electrons. The van der Waals surface area contributed by atoms with Gasteiger partial charge < -0.3 is 55.5 Å². The summed E-state index contributed by atoms with van der Waals surface area (Å²) >= 11 is 0. The molecule has 10 atom stereocenters. The summed E-state index contributed by atoms with van der Waals surface area (Å²) < 4.78 is 21.4. The predicted molar refractivity (Wildman–Crippen MR) is 87.0 cm³/mol. The Kier molecular flexibility index (Phi) is 7.88. The van der Waals surface area contributed by atoms with E-state index >= 15 is 0 Å². The molecule has 158 valence electrons. The number of rotatable bonds is 6. The number of amides is 1. The molecule has 0 aromatic rings. The highest BCUT2D eigenvalue weighted by molar-refractivity contribution is 5.73. The van der Waals surface area contributed by atoms with Gasteiger partial charge in [-0.3, -0.25) is 4.79 Å². The molecule has 2 saturated heterocycles. The van der Waals surface area contributed by atoms with Gasteiger partial charge in [0.05, 0.1) is 19.3 Å². The van der Waals surface area contributed by atoms with Crippen molar-refractivity contribution in [3.63, 3.8) is 0 Å². The highest BCUT2D eigenvalue weighted by Gasteiger charge is 2.50. The van der Waals surface area contributed by atoms with Gasteiger partial charge >= 0.3 is 0 Å². The molecule has 0 bridgehead atoms. The Morgan fingerprint density at radius 3 is 2.19 bits per heavy atom. The number of aliphatic hydroxyl groups excluding tert-OH is 5. The number of nitrogens with two attached hydrogens (primary N) is 1. The molecule has 1 amide bonds. The fourth-order valence-electron chi connectivity index (χ4n) is 3.30. The summed E-state index contributed by atoms with van der Waals surface area (Å²) in [6, 6.07) is -1.03. The molecule has 2 heterocycles. The summed E-state index contributed by atoms with van der Waals surface area (Å²) in [4.78, 5) is 11.3. The summed E-state index contributed by atoms with van der Waals surface area (Å²) in [6.45, 7) is 0.1000. The van der Waals surface area contributed by atoms with Crippen molar-refractivity contribution < 1.29 is 49.3 Å². The van der Waals surface area contributed by atoms with E-state index in [-0.39, 0.29) is 0 Å². The minimum atomic E-state index is -1.46. The fraction of sp³-hybridized carbons (Fsp3) is 0.933. The summed E-state index contributed by atoms with van der Waals surface area (Å²) in [5, 5.41) is 52.3. The predicted octanol–water partition coefficient (Wildman–Crippen LogP) is -4.63. The van der Waals surface area contributed by atoms with Crippen LogP contribution in [0.2, 0.25) is 0 Å². The number of hydrogen-bond donors (Lipinski definition) is 7. The molecule has 0 aromatic carbocycles. The molecule has 2 rings (SSSR count). The topological polar surface area (TPSA) is 193 Å². The van der Waals surface area contributed by atoms with Gasteiger partial charge in [0, 0.05) is 14.0 Å². The molecule has 0 spiro atoms. The molecular weight excluding hydrogens is 368 g/mol. The standard InChI is InChI=1S/C15H28N2O10/c1-5(20)17-8-10(22)12(7(4-19)25-14(8)16)27-15-11(23)13(24-2)9(21)6(3-18)26-15/h6-15,18-19,21-23H,3-4,16H2,1-2H3,(H,17,20). The highest BCUT2D eigenvalue weighted by Crippen LogP contribution is 2.29. The van der Waals surface area contributed by atoms with Crippen molar-refractivity contribution in [3.05, 3.63) is 0 Å². The van der Waals surface area contributed by atoms with E-state index in [0.717, 1.165) is 0 Å². The smallest absolute Gasteiger partial charge is 0.217 e. The van der Waals surface area contributed by atoms with Gasteiger partial charge in [-0.15, -0.1) is 0 Å². The lowest BCUT2D eigenvalue weighted by Gasteiger charge is -2.47. The lowest BCUT2D eigenvalue weighted by Crippen LogP contribution is -2.69. The third kappa shape index (κ3) is 4.74. The van der Waals surface area contributed by atoms with E-state index in [1.807, 2.05) is 0 Å². The van der Waals surface area contributed by atoms with Crippen molar-refractivity contribution in [1.82, 2.24) is 5.32 Å². The zero-order valence-corrected chi connectivity index (χ0v) is 15.0. The van der Waals surface area contributed by atoms with Gasteiger partial charge in [0.15, 0.2) is 6.29 Å². The number of ether oxygens (including phenoxy) is 4. The van der Waals surface area contributed by atoms with E-state index in [1.54, 1.807) is 0 Å². The van der Waals surface area contributed by atoms with Crippen LogP contribution in [0.3, 0.4) is 0 Å². The Bertz CT molecular complexity index is 497. The van der Waals surface area contributed by atoms with Gasteiger partial charge in [-0.2, -0.15) is 0 Å². The van der Waals surface area contributed by atoms with Gasteiger partial charge in [0.1, 0.15) is 49.0 Å². The molecule has 2 fully saturated rings. The first-order chi connectivity index (χ1) is 12.7. The Labute approximate surface area is 155 Å². The largest absolute Gasteiger partial charge is 0.394 e. The summed E-state index contributed by atoms with van der Waals surface area (Å²) in [7, 11) is 1.26. The fourth-order valence-corrected chi connectivity index (χ4v) is 3.30. The van der Waals surface area contributed by atoms with E-state index in [2.05, 4.69) is 5.32 Å². The molecule has 0 aliphatic carbocycles. The van der Waals surface area contributed by atoms with Crippen LogP contribution in [0.1, 0.15) is 6.92 Å². The van der Waals surface area contributed by atoms with Crippen LogP contribution in [0.4, 0.5) is 0 Å². The van der Waals surface area contributed by atoms with E-state index in [9.17, 15) is 30.3 Å². The van der Waals surface area contributed by atoms with Gasteiger partial charge in [0.2, 0.25) is 5.91 Å². The van der Waals surface area contributed by atoms with Crippen LogP contribution in [-0.4, -0.2) is 113 Å². The summed E-state index contributed by atoms with van der Waals surface area (Å²) in [5.41, 5.74) is 5.78. The highest BCUT2D eigenvalue weighted by atomic mass is 16.7. The molecule has 2 aliphatic rings. The second kappa shape index (κ2) is 9.52. The number of nitrogens with one attached hydrogen (secondary N) is 1. The maximum Gasteiger partial charge on any atom is 0.217 e. The van der Waals surface area contributed by atoms with Crippen LogP contribution in [0.15, 0.2) is 0 Å². The SMILES string of the molecule is COC1C(O)C(CO)OC(OC2C(CO)OC(N)C(NC(C)=O)C2O)C1O. The number of aliphatic hydroxyl groups is 5. The first-order valence-electron chi connectivity index (χ1n) is 8.52. The zero-order chi connectivity index (χ0) is 20.3. The Morgan fingerprint density at radius 1 is 1.04 bits per heavy atom. The van der Waals surface area contributed by atoms with E-state index < -0.39 is 80.4 Å². The maximum absolute atomic E-state index is 11.3. The average molecular weight is 396 g/mol. The van der Waals surface area contributed by atoms with Gasteiger partial charge in [-0.25, -0.2) is 0 Å². The van der Waals surface area contributed by atoms with Crippen molar-refractivity contribution in [2.24, 2.45) is 5.73 Å². The Balaban J connectivity index is 2.19. The number of carbonyl (C=O) groups excluding carboxylic acids is 1. The molecule has 12 heteroatoms. The number of carbonyl (C=O) groups is 1. The van der Waals surface area contributed by atoms with Crippen LogP contribution >= 0.6 is 0 Å². The molecular formula is C15H28N2O10. The number of methoxy groups -OCH3 is 1. The van der Waals surface area contributed by atoms with Gasteiger partial charge in [-0.1, -0.05) is 0 Å². The van der Waals surface area contributed by atoms with E-state index in [4.69, 9.17) is 24.7 Å².